The van der Waals surface area contributed by atoms with Crippen LogP contribution in [0.1, 0.15) is 0 Å². The smallest absolute Gasteiger partial charge is 0.266 e. The van der Waals surface area contributed by atoms with Crippen LogP contribution in [-0.2, 0) is 0 Å². The van der Waals surface area contributed by atoms with E-state index >= 15 is 0 Å². The quantitative estimate of drug-likeness (QED) is 0.174. The summed E-state index contributed by atoms with van der Waals surface area (Å²) in [5.41, 5.74) is -4.10. The van der Waals surface area contributed by atoms with Gasteiger partial charge < -0.3 is 10.2 Å². The van der Waals surface area contributed by atoms with E-state index in [1.165, 1.54) is 24.3 Å². The monoisotopic (exact) mass is 604 g/mol. The summed E-state index contributed by atoms with van der Waals surface area (Å²) >= 11 is 36.7. The molecule has 32 heavy (non-hydrogen) atoms. The van der Waals surface area contributed by atoms with Gasteiger partial charge in [-0.2, -0.15) is 0 Å². The van der Waals surface area contributed by atoms with Crippen LogP contribution < -0.4 is 0 Å². The number of halogens is 6. The summed E-state index contributed by atoms with van der Waals surface area (Å²) < 4.78 is -4.28. The van der Waals surface area contributed by atoms with E-state index in [0.717, 1.165) is 33.7 Å². The lowest BCUT2D eigenvalue weighted by Crippen LogP contribution is -2.48. The number of rotatable bonds is 7. The fourth-order valence-electron chi connectivity index (χ4n) is 3.02. The fraction of sp³-hybridized carbons (Fsp3) is 0.500. The van der Waals surface area contributed by atoms with E-state index in [9.17, 15) is 30.4 Å². The van der Waals surface area contributed by atoms with Crippen molar-refractivity contribution < 1.29 is 20.1 Å². The second kappa shape index (κ2) is 10.4. The van der Waals surface area contributed by atoms with E-state index in [1.807, 2.05) is 0 Å². The zero-order valence-corrected chi connectivity index (χ0v) is 21.7. The summed E-state index contributed by atoms with van der Waals surface area (Å²) in [5.74, 6) is 0. The first kappa shape index (κ1) is 28.4. The molecule has 2 aliphatic rings. The average molecular weight is 607 g/mol. The molecule has 0 aromatic rings. The first-order valence-corrected chi connectivity index (χ1v) is 13.0. The largest absolute Gasteiger partial charge is 0.395 e. The molecule has 0 radical (unpaired) electrons. The first-order valence-electron chi connectivity index (χ1n) is 8.43. The Balaban J connectivity index is 2.42. The van der Waals surface area contributed by atoms with Crippen molar-refractivity contribution in [2.45, 2.75) is 18.1 Å². The number of hydrogen-bond acceptors (Lipinski definition) is 8. The van der Waals surface area contributed by atoms with E-state index in [0.29, 0.717) is 0 Å². The molecule has 0 spiro atoms. The second-order valence-corrected chi connectivity index (χ2v) is 13.9. The third-order valence-corrected chi connectivity index (χ3v) is 10.3. The summed E-state index contributed by atoms with van der Waals surface area (Å²) in [6.07, 6.45) is 7.36. The molecule has 0 aromatic heterocycles. The van der Waals surface area contributed by atoms with Crippen molar-refractivity contribution in [1.82, 2.24) is 0 Å². The normalized spacial score (nSPS) is 30.6. The minimum Gasteiger partial charge on any atom is -0.395 e. The second-order valence-electron chi connectivity index (χ2n) is 6.80. The summed E-state index contributed by atoms with van der Waals surface area (Å²) in [5, 5.41) is 41.0. The molecule has 16 heteroatoms. The molecular weight excluding hydrogens is 593 g/mol. The van der Waals surface area contributed by atoms with E-state index in [2.05, 4.69) is 0 Å². The minimum atomic E-state index is -2.14. The maximum absolute atomic E-state index is 11.2. The van der Waals surface area contributed by atoms with Crippen LogP contribution in [0.4, 0.5) is 0 Å². The Morgan fingerprint density at radius 2 is 1.12 bits per heavy atom. The highest BCUT2D eigenvalue weighted by Gasteiger charge is 2.57. The van der Waals surface area contributed by atoms with Crippen LogP contribution in [0, 0.1) is 31.1 Å². The Labute approximate surface area is 220 Å². The fourth-order valence-corrected chi connectivity index (χ4v) is 8.44. The maximum Gasteiger partial charge on any atom is 0.266 e. The molecule has 0 aromatic carbocycles. The Hall–Kier alpha value is 0.120. The van der Waals surface area contributed by atoms with Crippen LogP contribution >= 0.6 is 91.2 Å². The molecule has 0 saturated heterocycles. The van der Waals surface area contributed by atoms with E-state index in [-0.39, 0.29) is 11.4 Å². The summed E-state index contributed by atoms with van der Waals surface area (Å²) in [6, 6.07) is 0. The van der Waals surface area contributed by atoms with Crippen molar-refractivity contribution in [2.75, 3.05) is 13.2 Å². The Morgan fingerprint density at radius 3 is 1.34 bits per heavy atom. The van der Waals surface area contributed by atoms with Gasteiger partial charge in [0.05, 0.1) is 33.9 Å². The topological polar surface area (TPSA) is 127 Å². The van der Waals surface area contributed by atoms with Crippen molar-refractivity contribution >= 4 is 91.2 Å². The molecule has 2 aliphatic carbocycles. The van der Waals surface area contributed by atoms with E-state index in [1.54, 1.807) is 0 Å². The van der Waals surface area contributed by atoms with Crippen LogP contribution in [0.25, 0.3) is 0 Å². The van der Waals surface area contributed by atoms with Crippen LogP contribution in [0.2, 0.25) is 0 Å². The Morgan fingerprint density at radius 1 is 0.812 bits per heavy atom. The van der Waals surface area contributed by atoms with E-state index in [4.69, 9.17) is 69.6 Å². The molecule has 0 saturated carbocycles. The molecule has 0 heterocycles. The predicted molar refractivity (Wildman–Crippen MR) is 131 cm³/mol. The number of nitro groups is 2. The molecular formula is C16H14Cl6N2O6S2. The van der Waals surface area contributed by atoms with Gasteiger partial charge in [-0.1, -0.05) is 103 Å². The predicted octanol–water partition coefficient (Wildman–Crippen LogP) is 5.26. The molecule has 4 unspecified atom stereocenters. The molecule has 0 bridgehead atoms. The Bertz CT molecular complexity index is 830. The van der Waals surface area contributed by atoms with Gasteiger partial charge in [-0.05, 0) is 0 Å². The SMILES string of the molecule is O=[N+]([O-])C1=CC(CO)(C(Cl)(Cl)Cl)C(SSC2C=CC([N+](=O)[O-])=CC2(CO)C(Cl)(Cl)Cl)C=C1. The zero-order valence-electron chi connectivity index (χ0n) is 15.5. The van der Waals surface area contributed by atoms with Crippen LogP contribution in [0.5, 0.6) is 0 Å². The van der Waals surface area contributed by atoms with Crippen LogP contribution in [0.15, 0.2) is 47.9 Å². The summed E-state index contributed by atoms with van der Waals surface area (Å²) in [4.78, 5) is 21.1. The Kier molecular flexibility index (Phi) is 9.21. The molecule has 0 aliphatic heterocycles. The van der Waals surface area contributed by atoms with Gasteiger partial charge in [0.15, 0.2) is 0 Å². The number of aliphatic hydroxyl groups is 2. The third kappa shape index (κ3) is 5.35. The molecule has 4 atom stereocenters. The van der Waals surface area contributed by atoms with Gasteiger partial charge in [0, 0.05) is 34.8 Å². The standard InChI is InChI=1S/C16H14Cl6N2O6S2/c17-15(18,19)13(7-25)5-9(23(27)28)1-3-11(13)31-32-12-4-2-10(24(29)30)6-14(12,8-26)16(20,21)22/h1-6,11-12,25-26H,7-8H2. The van der Waals surface area contributed by atoms with Gasteiger partial charge in [-0.3, -0.25) is 20.2 Å². The van der Waals surface area contributed by atoms with Crippen LogP contribution in [-0.4, -0.2) is 51.4 Å². The molecule has 8 nitrogen and oxygen atoms in total. The van der Waals surface area contributed by atoms with Crippen molar-refractivity contribution in [3.8, 4) is 0 Å². The van der Waals surface area contributed by atoms with Gasteiger partial charge in [0.25, 0.3) is 11.4 Å². The summed E-state index contributed by atoms with van der Waals surface area (Å²) in [7, 11) is 2.06. The average Bonchev–Trinajstić information content (AvgIpc) is 2.69. The zero-order chi connectivity index (χ0) is 24.5. The molecule has 2 N–H and O–H groups in total. The number of allylic oxidation sites excluding steroid dienone is 2. The van der Waals surface area contributed by atoms with Crippen LogP contribution in [0.3, 0.4) is 0 Å². The van der Waals surface area contributed by atoms with Gasteiger partial charge in [-0.15, -0.1) is 0 Å². The molecule has 0 amide bonds. The van der Waals surface area contributed by atoms with Crippen molar-refractivity contribution in [2.24, 2.45) is 10.8 Å². The third-order valence-electron chi connectivity index (χ3n) is 4.97. The lowest BCUT2D eigenvalue weighted by atomic mass is 9.82. The highest BCUT2D eigenvalue weighted by atomic mass is 35.6. The molecule has 0 fully saturated rings. The molecule has 178 valence electrons. The summed E-state index contributed by atoms with van der Waals surface area (Å²) in [6.45, 7) is -1.49. The van der Waals surface area contributed by atoms with E-state index < -0.39 is 52.0 Å². The van der Waals surface area contributed by atoms with Crippen molar-refractivity contribution in [3.63, 3.8) is 0 Å². The highest BCUT2D eigenvalue weighted by Crippen LogP contribution is 2.60. The van der Waals surface area contributed by atoms with Gasteiger partial charge in [0.1, 0.15) is 0 Å². The van der Waals surface area contributed by atoms with Gasteiger partial charge >= 0.3 is 0 Å². The van der Waals surface area contributed by atoms with Gasteiger partial charge in [0.2, 0.25) is 7.59 Å². The minimum absolute atomic E-state index is 0.366. The molecule has 2 rings (SSSR count). The lowest BCUT2D eigenvalue weighted by Gasteiger charge is -2.44. The van der Waals surface area contributed by atoms with Crippen molar-refractivity contribution in [1.29, 1.82) is 0 Å². The first-order chi connectivity index (χ1) is 14.6. The van der Waals surface area contributed by atoms with Crippen molar-refractivity contribution in [3.05, 3.63) is 68.1 Å². The number of nitrogens with zero attached hydrogens (tertiary/aromatic N) is 2. The van der Waals surface area contributed by atoms with Gasteiger partial charge in [-0.25, -0.2) is 0 Å². The number of aliphatic hydroxyl groups excluding tert-OH is 2. The number of alkyl halides is 6. The number of hydrogen-bond donors (Lipinski definition) is 2. The maximum atomic E-state index is 11.2. The lowest BCUT2D eigenvalue weighted by molar-refractivity contribution is -0.420. The highest BCUT2D eigenvalue weighted by molar-refractivity contribution is 8.77.